The highest BCUT2D eigenvalue weighted by molar-refractivity contribution is 9.10. The van der Waals surface area contributed by atoms with Crippen molar-refractivity contribution in [3.05, 3.63) is 15.5 Å². The Morgan fingerprint density at radius 3 is 2.88 bits per heavy atom. The molecular weight excluding hydrogens is 206 g/mol. The predicted molar refractivity (Wildman–Crippen MR) is 42.5 cm³/mol. The molecule has 1 nitrogen and oxygen atoms in total. The van der Waals surface area contributed by atoms with Crippen molar-refractivity contribution in [1.82, 2.24) is 4.37 Å². The lowest BCUT2D eigenvalue weighted by Gasteiger charge is -1.82. The maximum absolute atomic E-state index is 4.09. The van der Waals surface area contributed by atoms with Gasteiger partial charge in [-0.15, -0.1) is 0 Å². The van der Waals surface area contributed by atoms with E-state index >= 15 is 0 Å². The van der Waals surface area contributed by atoms with Gasteiger partial charge in [0.05, 0.1) is 10.7 Å². The normalized spacial score (nSPS) is 9.75. The molecule has 4 heteroatoms. The molecule has 0 N–H and O–H groups in total. The molecule has 8 heavy (non-hydrogen) atoms. The largest absolute Gasteiger partial charge is 0.200 e. The SMILES string of the molecule is SCc1sncc1Br. The Morgan fingerprint density at radius 1 is 1.88 bits per heavy atom. The second kappa shape index (κ2) is 2.85. The van der Waals surface area contributed by atoms with Crippen molar-refractivity contribution < 1.29 is 0 Å². The van der Waals surface area contributed by atoms with Crippen molar-refractivity contribution in [2.75, 3.05) is 0 Å². The van der Waals surface area contributed by atoms with Gasteiger partial charge >= 0.3 is 0 Å². The molecule has 0 aliphatic rings. The van der Waals surface area contributed by atoms with Gasteiger partial charge in [-0.3, -0.25) is 0 Å². The molecule has 44 valence electrons. The standard InChI is InChI=1S/C4H4BrNS2/c5-3-1-6-8-4(3)2-7/h1,7H,2H2. The number of aromatic nitrogens is 1. The van der Waals surface area contributed by atoms with E-state index in [0.717, 1.165) is 10.2 Å². The first kappa shape index (κ1) is 6.58. The molecule has 0 fully saturated rings. The Hall–Kier alpha value is 0.460. The van der Waals surface area contributed by atoms with Gasteiger partial charge in [0.2, 0.25) is 0 Å². The Balaban J connectivity index is 2.92. The number of halogens is 1. The average molecular weight is 210 g/mol. The third-order valence-corrected chi connectivity index (χ3v) is 3.01. The van der Waals surface area contributed by atoms with E-state index in [1.165, 1.54) is 16.4 Å². The lowest BCUT2D eigenvalue weighted by Crippen LogP contribution is -1.64. The minimum atomic E-state index is 0.769. The maximum Gasteiger partial charge on any atom is 0.0552 e. The Labute approximate surface area is 65.8 Å². The molecule has 0 aliphatic heterocycles. The molecule has 0 aliphatic carbocycles. The first-order valence-corrected chi connectivity index (χ1v) is 4.24. The molecule has 1 heterocycles. The molecule has 1 aromatic rings. The molecule has 0 spiro atoms. The van der Waals surface area contributed by atoms with Crippen molar-refractivity contribution in [1.29, 1.82) is 0 Å². The first-order chi connectivity index (χ1) is 3.84. The first-order valence-electron chi connectivity index (χ1n) is 2.04. The number of rotatable bonds is 1. The van der Waals surface area contributed by atoms with E-state index in [9.17, 15) is 0 Å². The van der Waals surface area contributed by atoms with Crippen LogP contribution in [0.3, 0.4) is 0 Å². The molecular formula is C4H4BrNS2. The highest BCUT2D eigenvalue weighted by Gasteiger charge is 1.96. The fourth-order valence-electron chi connectivity index (χ4n) is 0.356. The van der Waals surface area contributed by atoms with E-state index in [4.69, 9.17) is 0 Å². The van der Waals surface area contributed by atoms with Gasteiger partial charge in [-0.25, -0.2) is 0 Å². The van der Waals surface area contributed by atoms with Gasteiger partial charge in [0, 0.05) is 10.6 Å². The lowest BCUT2D eigenvalue weighted by molar-refractivity contribution is 1.49. The van der Waals surface area contributed by atoms with E-state index in [-0.39, 0.29) is 0 Å². The summed E-state index contributed by atoms with van der Waals surface area (Å²) in [5, 5.41) is 0. The number of hydrogen-bond donors (Lipinski definition) is 1. The number of nitrogens with zero attached hydrogens (tertiary/aromatic N) is 1. The molecule has 0 aromatic carbocycles. The van der Waals surface area contributed by atoms with Crippen LogP contribution in [0.5, 0.6) is 0 Å². The quantitative estimate of drug-likeness (QED) is 0.702. The number of hydrogen-bond acceptors (Lipinski definition) is 3. The second-order valence-corrected chi connectivity index (χ2v) is 3.31. The van der Waals surface area contributed by atoms with Crippen molar-refractivity contribution in [2.45, 2.75) is 5.75 Å². The van der Waals surface area contributed by atoms with Crippen LogP contribution in [0.4, 0.5) is 0 Å². The highest BCUT2D eigenvalue weighted by Crippen LogP contribution is 2.20. The van der Waals surface area contributed by atoms with E-state index in [1.54, 1.807) is 6.20 Å². The van der Waals surface area contributed by atoms with E-state index in [2.05, 4.69) is 32.9 Å². The summed E-state index contributed by atoms with van der Waals surface area (Å²) < 4.78 is 5.01. The maximum atomic E-state index is 4.09. The summed E-state index contributed by atoms with van der Waals surface area (Å²) in [5.74, 6) is 0.769. The van der Waals surface area contributed by atoms with Crippen LogP contribution in [-0.2, 0) is 5.75 Å². The molecule has 0 saturated carbocycles. The van der Waals surface area contributed by atoms with Crippen LogP contribution in [0.25, 0.3) is 0 Å². The molecule has 0 radical (unpaired) electrons. The summed E-state index contributed by atoms with van der Waals surface area (Å²) >= 11 is 8.89. The van der Waals surface area contributed by atoms with Crippen LogP contribution in [0, 0.1) is 0 Å². The van der Waals surface area contributed by atoms with Crippen LogP contribution < -0.4 is 0 Å². The van der Waals surface area contributed by atoms with Crippen LogP contribution in [-0.4, -0.2) is 4.37 Å². The zero-order valence-electron chi connectivity index (χ0n) is 3.97. The van der Waals surface area contributed by atoms with Gasteiger partial charge < -0.3 is 0 Å². The van der Waals surface area contributed by atoms with Gasteiger partial charge in [0.25, 0.3) is 0 Å². The predicted octanol–water partition coefficient (Wildman–Crippen LogP) is 2.34. The highest BCUT2D eigenvalue weighted by atomic mass is 79.9. The van der Waals surface area contributed by atoms with Crippen molar-refractivity contribution in [3.63, 3.8) is 0 Å². The topological polar surface area (TPSA) is 12.9 Å². The van der Waals surface area contributed by atoms with Crippen molar-refractivity contribution in [2.24, 2.45) is 0 Å². The van der Waals surface area contributed by atoms with Crippen LogP contribution >= 0.6 is 40.1 Å². The fourth-order valence-corrected chi connectivity index (χ4v) is 1.99. The fraction of sp³-hybridized carbons (Fsp3) is 0.250. The average Bonchev–Trinajstić information content (AvgIpc) is 2.14. The smallest absolute Gasteiger partial charge is 0.0552 e. The van der Waals surface area contributed by atoms with Gasteiger partial charge in [0.15, 0.2) is 0 Å². The third kappa shape index (κ3) is 1.24. The molecule has 0 amide bonds. The molecule has 1 aromatic heterocycles. The second-order valence-electron chi connectivity index (χ2n) is 1.26. The summed E-state index contributed by atoms with van der Waals surface area (Å²) in [6.07, 6.45) is 1.79. The molecule has 1 rings (SSSR count). The monoisotopic (exact) mass is 209 g/mol. The van der Waals surface area contributed by atoms with E-state index in [1.807, 2.05) is 0 Å². The van der Waals surface area contributed by atoms with Gasteiger partial charge in [0.1, 0.15) is 0 Å². The van der Waals surface area contributed by atoms with Crippen LogP contribution in [0.15, 0.2) is 10.7 Å². The Bertz CT molecular complexity index is 174. The van der Waals surface area contributed by atoms with Gasteiger partial charge in [-0.1, -0.05) is 0 Å². The third-order valence-electron chi connectivity index (χ3n) is 0.739. The van der Waals surface area contributed by atoms with Crippen molar-refractivity contribution in [3.8, 4) is 0 Å². The summed E-state index contributed by atoms with van der Waals surface area (Å²) in [6, 6.07) is 0. The zero-order chi connectivity index (χ0) is 5.98. The van der Waals surface area contributed by atoms with Gasteiger partial charge in [-0.2, -0.15) is 17.0 Å². The number of thiol groups is 1. The molecule has 0 saturated heterocycles. The lowest BCUT2D eigenvalue weighted by atomic mass is 10.6. The Morgan fingerprint density at radius 2 is 2.62 bits per heavy atom. The van der Waals surface area contributed by atoms with Crippen LogP contribution in [0.2, 0.25) is 0 Å². The van der Waals surface area contributed by atoms with Crippen molar-refractivity contribution >= 4 is 40.1 Å². The molecule has 0 atom stereocenters. The molecule has 0 unspecified atom stereocenters. The van der Waals surface area contributed by atoms with Crippen LogP contribution in [0.1, 0.15) is 4.88 Å². The summed E-state index contributed by atoms with van der Waals surface area (Å²) in [5.41, 5.74) is 0. The summed E-state index contributed by atoms with van der Waals surface area (Å²) in [6.45, 7) is 0. The van der Waals surface area contributed by atoms with E-state index < -0.39 is 0 Å². The summed E-state index contributed by atoms with van der Waals surface area (Å²) in [4.78, 5) is 1.19. The van der Waals surface area contributed by atoms with Gasteiger partial charge in [-0.05, 0) is 27.5 Å². The van der Waals surface area contributed by atoms with E-state index in [0.29, 0.717) is 0 Å². The zero-order valence-corrected chi connectivity index (χ0v) is 7.26. The minimum Gasteiger partial charge on any atom is -0.200 e. The summed E-state index contributed by atoms with van der Waals surface area (Å²) in [7, 11) is 0. The molecule has 0 bridgehead atoms. The minimum absolute atomic E-state index is 0.769. The Kier molecular flexibility index (Phi) is 2.34.